The lowest BCUT2D eigenvalue weighted by Gasteiger charge is -2.15. The van der Waals surface area contributed by atoms with E-state index in [0.717, 1.165) is 6.07 Å². The Kier molecular flexibility index (Phi) is 4.61. The lowest BCUT2D eigenvalue weighted by molar-refractivity contribution is -0.274. The number of rotatable bonds is 4. The van der Waals surface area contributed by atoms with E-state index in [1.807, 2.05) is 0 Å². The Labute approximate surface area is 128 Å². The zero-order chi connectivity index (χ0) is 16.3. The molecule has 0 heterocycles. The molecule has 116 valence electrons. The first kappa shape index (κ1) is 16.2. The largest absolute Gasteiger partial charge is 0.573 e. The number of carboxylic acid groups (broad SMARTS) is 1. The number of ether oxygens (including phenoxy) is 1. The van der Waals surface area contributed by atoms with Crippen LogP contribution in [0.1, 0.15) is 5.56 Å². The molecule has 0 spiro atoms. The van der Waals surface area contributed by atoms with Gasteiger partial charge in [-0.15, -0.1) is 13.2 Å². The third kappa shape index (κ3) is 4.14. The van der Waals surface area contributed by atoms with Gasteiger partial charge in [0.2, 0.25) is 0 Å². The highest BCUT2D eigenvalue weighted by molar-refractivity contribution is 6.30. The summed E-state index contributed by atoms with van der Waals surface area (Å²) in [7, 11) is 0. The summed E-state index contributed by atoms with van der Waals surface area (Å²) >= 11 is 5.88. The van der Waals surface area contributed by atoms with Crippen LogP contribution in [0.25, 0.3) is 11.1 Å². The summed E-state index contributed by atoms with van der Waals surface area (Å²) in [5.74, 6) is -1.51. The van der Waals surface area contributed by atoms with Gasteiger partial charge in [-0.05, 0) is 29.3 Å². The first-order chi connectivity index (χ1) is 10.3. The molecule has 22 heavy (non-hydrogen) atoms. The van der Waals surface area contributed by atoms with E-state index in [2.05, 4.69) is 4.74 Å². The predicted molar refractivity (Wildman–Crippen MR) is 74.9 cm³/mol. The molecule has 7 heteroatoms. The summed E-state index contributed by atoms with van der Waals surface area (Å²) in [6.45, 7) is 0. The molecule has 0 atom stereocenters. The van der Waals surface area contributed by atoms with Gasteiger partial charge >= 0.3 is 12.3 Å². The van der Waals surface area contributed by atoms with Gasteiger partial charge < -0.3 is 9.84 Å². The van der Waals surface area contributed by atoms with Gasteiger partial charge in [-0.1, -0.05) is 35.9 Å². The van der Waals surface area contributed by atoms with Crippen molar-refractivity contribution in [3.8, 4) is 16.9 Å². The third-order valence-electron chi connectivity index (χ3n) is 2.82. The maximum atomic E-state index is 12.5. The van der Waals surface area contributed by atoms with E-state index >= 15 is 0 Å². The number of alkyl halides is 3. The van der Waals surface area contributed by atoms with Gasteiger partial charge in [-0.25, -0.2) is 0 Å². The second kappa shape index (κ2) is 6.27. The lowest BCUT2D eigenvalue weighted by atomic mass is 9.97. The summed E-state index contributed by atoms with van der Waals surface area (Å²) < 4.78 is 41.5. The number of carboxylic acids is 1. The minimum absolute atomic E-state index is 0.124. The highest BCUT2D eigenvalue weighted by Crippen LogP contribution is 2.36. The third-order valence-corrected chi connectivity index (χ3v) is 3.05. The number of aliphatic carboxylic acids is 1. The molecule has 0 bridgehead atoms. The highest BCUT2D eigenvalue weighted by atomic mass is 35.5. The Morgan fingerprint density at radius 3 is 2.45 bits per heavy atom. The van der Waals surface area contributed by atoms with Crippen molar-refractivity contribution in [2.45, 2.75) is 12.8 Å². The summed E-state index contributed by atoms with van der Waals surface area (Å²) in [5.41, 5.74) is 0.753. The normalized spacial score (nSPS) is 11.3. The molecule has 3 nitrogen and oxygen atoms in total. The molecule has 2 aromatic carbocycles. The van der Waals surface area contributed by atoms with Crippen LogP contribution in [0, 0.1) is 0 Å². The molecule has 0 aliphatic carbocycles. The average Bonchev–Trinajstić information content (AvgIpc) is 2.39. The molecule has 2 aromatic rings. The standard InChI is InChI=1S/C15H10ClF3O3/c16-10-6-5-9(7-14(20)21)12(8-10)11-3-1-2-4-13(11)22-15(17,18)19/h1-6,8H,7H2,(H,20,21). The molecule has 0 fully saturated rings. The Hall–Kier alpha value is -2.21. The minimum atomic E-state index is -4.85. The van der Waals surface area contributed by atoms with Crippen molar-refractivity contribution in [1.29, 1.82) is 0 Å². The van der Waals surface area contributed by atoms with E-state index < -0.39 is 18.1 Å². The van der Waals surface area contributed by atoms with Crippen molar-refractivity contribution >= 4 is 17.6 Å². The van der Waals surface area contributed by atoms with Crippen molar-refractivity contribution in [2.75, 3.05) is 0 Å². The van der Waals surface area contributed by atoms with Gasteiger partial charge in [-0.3, -0.25) is 4.79 Å². The van der Waals surface area contributed by atoms with Crippen molar-refractivity contribution in [3.05, 3.63) is 53.1 Å². The van der Waals surface area contributed by atoms with Crippen LogP contribution in [0.15, 0.2) is 42.5 Å². The van der Waals surface area contributed by atoms with Gasteiger partial charge in [0.25, 0.3) is 0 Å². The van der Waals surface area contributed by atoms with Crippen LogP contribution in [-0.2, 0) is 11.2 Å². The van der Waals surface area contributed by atoms with Crippen molar-refractivity contribution < 1.29 is 27.8 Å². The second-order valence-corrected chi connectivity index (χ2v) is 4.85. The van der Waals surface area contributed by atoms with Crippen LogP contribution in [-0.4, -0.2) is 17.4 Å². The lowest BCUT2D eigenvalue weighted by Crippen LogP contribution is -2.17. The Bertz CT molecular complexity index is 699. The molecule has 0 radical (unpaired) electrons. The van der Waals surface area contributed by atoms with Crippen LogP contribution in [0.4, 0.5) is 13.2 Å². The maximum absolute atomic E-state index is 12.5. The number of benzene rings is 2. The van der Waals surface area contributed by atoms with Gasteiger partial charge in [0.05, 0.1) is 6.42 Å². The molecule has 2 rings (SSSR count). The Balaban J connectivity index is 2.56. The van der Waals surface area contributed by atoms with E-state index in [9.17, 15) is 18.0 Å². The fourth-order valence-corrected chi connectivity index (χ4v) is 2.19. The Morgan fingerprint density at radius 2 is 1.82 bits per heavy atom. The molecule has 0 saturated heterocycles. The molecular weight excluding hydrogens is 321 g/mol. The number of hydrogen-bond acceptors (Lipinski definition) is 2. The molecule has 0 aliphatic heterocycles. The first-order valence-electron chi connectivity index (χ1n) is 6.11. The summed E-state index contributed by atoms with van der Waals surface area (Å²) in [6.07, 6.45) is -5.19. The zero-order valence-electron chi connectivity index (χ0n) is 11.0. The molecular formula is C15H10ClF3O3. The molecule has 0 unspecified atom stereocenters. The van der Waals surface area contributed by atoms with Crippen LogP contribution in [0.5, 0.6) is 5.75 Å². The van der Waals surface area contributed by atoms with E-state index in [-0.39, 0.29) is 22.6 Å². The van der Waals surface area contributed by atoms with Gasteiger partial charge in [0.15, 0.2) is 0 Å². The highest BCUT2D eigenvalue weighted by Gasteiger charge is 2.32. The molecule has 0 saturated carbocycles. The van der Waals surface area contributed by atoms with Gasteiger partial charge in [-0.2, -0.15) is 0 Å². The quantitative estimate of drug-likeness (QED) is 0.895. The van der Waals surface area contributed by atoms with Crippen molar-refractivity contribution in [1.82, 2.24) is 0 Å². The van der Waals surface area contributed by atoms with E-state index in [1.54, 1.807) is 0 Å². The fourth-order valence-electron chi connectivity index (χ4n) is 2.02. The number of para-hydroxylation sites is 1. The van der Waals surface area contributed by atoms with Crippen molar-refractivity contribution in [2.24, 2.45) is 0 Å². The van der Waals surface area contributed by atoms with E-state index in [0.29, 0.717) is 5.56 Å². The monoisotopic (exact) mass is 330 g/mol. The van der Waals surface area contributed by atoms with Crippen LogP contribution < -0.4 is 4.74 Å². The van der Waals surface area contributed by atoms with Crippen molar-refractivity contribution in [3.63, 3.8) is 0 Å². The topological polar surface area (TPSA) is 46.5 Å². The summed E-state index contributed by atoms with van der Waals surface area (Å²) in [5, 5.41) is 9.20. The van der Waals surface area contributed by atoms with Gasteiger partial charge in [0, 0.05) is 10.6 Å². The van der Waals surface area contributed by atoms with Crippen LogP contribution in [0.3, 0.4) is 0 Å². The molecule has 0 aromatic heterocycles. The van der Waals surface area contributed by atoms with E-state index in [4.69, 9.17) is 16.7 Å². The predicted octanol–water partition coefficient (Wildman–Crippen LogP) is 4.53. The van der Waals surface area contributed by atoms with Crippen LogP contribution >= 0.6 is 11.6 Å². The minimum Gasteiger partial charge on any atom is -0.481 e. The summed E-state index contributed by atoms with van der Waals surface area (Å²) in [4.78, 5) is 10.9. The molecule has 0 aliphatic rings. The SMILES string of the molecule is O=C(O)Cc1ccc(Cl)cc1-c1ccccc1OC(F)(F)F. The number of hydrogen-bond donors (Lipinski definition) is 1. The zero-order valence-corrected chi connectivity index (χ0v) is 11.8. The number of carbonyl (C=O) groups is 1. The number of halogens is 4. The van der Waals surface area contributed by atoms with E-state index in [1.165, 1.54) is 36.4 Å². The smallest absolute Gasteiger partial charge is 0.481 e. The van der Waals surface area contributed by atoms with Gasteiger partial charge in [0.1, 0.15) is 5.75 Å². The summed E-state index contributed by atoms with van der Waals surface area (Å²) in [6, 6.07) is 9.87. The van der Waals surface area contributed by atoms with Crippen LogP contribution in [0.2, 0.25) is 5.02 Å². The average molecular weight is 331 g/mol. The Morgan fingerprint density at radius 1 is 1.14 bits per heavy atom. The first-order valence-corrected chi connectivity index (χ1v) is 6.49. The second-order valence-electron chi connectivity index (χ2n) is 4.42. The maximum Gasteiger partial charge on any atom is 0.573 e. The molecule has 1 N–H and O–H groups in total. The fraction of sp³-hybridized carbons (Fsp3) is 0.133. The molecule has 0 amide bonds.